The summed E-state index contributed by atoms with van der Waals surface area (Å²) in [5.41, 5.74) is 1.02. The van der Waals surface area contributed by atoms with E-state index in [1.807, 2.05) is 30.3 Å². The second kappa shape index (κ2) is 6.40. The predicted molar refractivity (Wildman–Crippen MR) is 82.3 cm³/mol. The van der Waals surface area contributed by atoms with Crippen molar-refractivity contribution in [3.8, 4) is 0 Å². The van der Waals surface area contributed by atoms with Crippen molar-refractivity contribution in [1.29, 1.82) is 0 Å². The molecule has 2 unspecified atom stereocenters. The van der Waals surface area contributed by atoms with Crippen LogP contribution in [0.15, 0.2) is 30.3 Å². The number of carboxylic acid groups (broad SMARTS) is 1. The molecule has 1 aromatic rings. The van der Waals surface area contributed by atoms with Gasteiger partial charge in [-0.15, -0.1) is 0 Å². The van der Waals surface area contributed by atoms with Crippen LogP contribution in [0.3, 0.4) is 0 Å². The maximum atomic E-state index is 12.3. The molecular formula is C17H20N2O4. The van der Waals surface area contributed by atoms with Crippen molar-refractivity contribution >= 4 is 17.8 Å². The number of likely N-dealkylation sites (tertiary alicyclic amines) is 1. The second-order valence-electron chi connectivity index (χ2n) is 6.32. The Morgan fingerprint density at radius 1 is 1.26 bits per heavy atom. The van der Waals surface area contributed by atoms with Crippen LogP contribution in [0.1, 0.15) is 24.8 Å². The van der Waals surface area contributed by atoms with Crippen LogP contribution in [-0.4, -0.2) is 40.4 Å². The van der Waals surface area contributed by atoms with E-state index in [-0.39, 0.29) is 24.2 Å². The number of nitrogens with zero attached hydrogens (tertiary/aromatic N) is 1. The molecule has 23 heavy (non-hydrogen) atoms. The lowest BCUT2D eigenvalue weighted by molar-refractivity contribution is -0.143. The number of benzene rings is 1. The van der Waals surface area contributed by atoms with Gasteiger partial charge in [-0.3, -0.25) is 9.59 Å². The molecule has 0 spiro atoms. The Morgan fingerprint density at radius 2 is 1.96 bits per heavy atom. The Morgan fingerprint density at radius 3 is 2.57 bits per heavy atom. The highest BCUT2D eigenvalue weighted by Crippen LogP contribution is 2.33. The van der Waals surface area contributed by atoms with E-state index in [2.05, 4.69) is 5.32 Å². The standard InChI is InChI=1S/C17H20N2O4/c20-14-8-13(10-19(14)9-11-4-2-1-3-5-11)16(21)18-15(17(22)23)12-6-7-12/h1-5,12-13,15H,6-10H2,(H,18,21)(H,22,23). The first-order chi connectivity index (χ1) is 11.0. The number of aliphatic carboxylic acids is 1. The van der Waals surface area contributed by atoms with Gasteiger partial charge in [-0.1, -0.05) is 30.3 Å². The first-order valence-electron chi connectivity index (χ1n) is 7.89. The molecule has 1 aliphatic carbocycles. The summed E-state index contributed by atoms with van der Waals surface area (Å²) in [6.45, 7) is 0.824. The molecule has 6 nitrogen and oxygen atoms in total. The van der Waals surface area contributed by atoms with Crippen LogP contribution in [0.2, 0.25) is 0 Å². The minimum atomic E-state index is -0.994. The lowest BCUT2D eigenvalue weighted by Crippen LogP contribution is -2.45. The third kappa shape index (κ3) is 3.70. The van der Waals surface area contributed by atoms with Crippen LogP contribution in [0.4, 0.5) is 0 Å². The van der Waals surface area contributed by atoms with Gasteiger partial charge in [0.05, 0.1) is 5.92 Å². The van der Waals surface area contributed by atoms with Gasteiger partial charge in [0, 0.05) is 19.5 Å². The molecule has 6 heteroatoms. The molecule has 2 N–H and O–H groups in total. The molecule has 0 radical (unpaired) electrons. The average Bonchev–Trinajstić information content (AvgIpc) is 3.30. The molecule has 1 aliphatic heterocycles. The van der Waals surface area contributed by atoms with Crippen LogP contribution in [0.25, 0.3) is 0 Å². The highest BCUT2D eigenvalue weighted by Gasteiger charge is 2.40. The fraction of sp³-hybridized carbons (Fsp3) is 0.471. The minimum Gasteiger partial charge on any atom is -0.480 e. The number of carboxylic acids is 1. The number of hydrogen-bond donors (Lipinski definition) is 2. The third-order valence-electron chi connectivity index (χ3n) is 4.46. The number of carbonyl (C=O) groups excluding carboxylic acids is 2. The zero-order valence-electron chi connectivity index (χ0n) is 12.8. The number of nitrogens with one attached hydrogen (secondary N) is 1. The normalized spacial score (nSPS) is 22.0. The van der Waals surface area contributed by atoms with Crippen molar-refractivity contribution in [1.82, 2.24) is 10.2 Å². The summed E-state index contributed by atoms with van der Waals surface area (Å²) in [6, 6.07) is 8.79. The zero-order chi connectivity index (χ0) is 16.4. The van der Waals surface area contributed by atoms with E-state index in [9.17, 15) is 19.5 Å². The maximum Gasteiger partial charge on any atom is 0.326 e. The Bertz CT molecular complexity index is 612. The SMILES string of the molecule is O=C(NC(C(=O)O)C1CC1)C1CC(=O)N(Cc2ccccc2)C1. The number of carbonyl (C=O) groups is 3. The lowest BCUT2D eigenvalue weighted by atomic mass is 10.1. The van der Waals surface area contributed by atoms with Crippen LogP contribution < -0.4 is 5.32 Å². The highest BCUT2D eigenvalue weighted by molar-refractivity contribution is 5.91. The van der Waals surface area contributed by atoms with Crippen LogP contribution in [0, 0.1) is 11.8 Å². The fourth-order valence-electron chi connectivity index (χ4n) is 2.99. The first kappa shape index (κ1) is 15.5. The first-order valence-corrected chi connectivity index (χ1v) is 7.89. The molecule has 2 atom stereocenters. The van der Waals surface area contributed by atoms with E-state index in [0.29, 0.717) is 13.1 Å². The molecule has 1 saturated carbocycles. The molecule has 1 heterocycles. The fourth-order valence-corrected chi connectivity index (χ4v) is 2.99. The quantitative estimate of drug-likeness (QED) is 0.820. The van der Waals surface area contributed by atoms with Crippen molar-refractivity contribution in [2.24, 2.45) is 11.8 Å². The van der Waals surface area contributed by atoms with E-state index in [1.165, 1.54) is 0 Å². The summed E-state index contributed by atoms with van der Waals surface area (Å²) in [4.78, 5) is 37.2. The van der Waals surface area contributed by atoms with E-state index < -0.39 is 17.9 Å². The van der Waals surface area contributed by atoms with E-state index >= 15 is 0 Å². The molecule has 0 aromatic heterocycles. The summed E-state index contributed by atoms with van der Waals surface area (Å²) < 4.78 is 0. The van der Waals surface area contributed by atoms with Crippen molar-refractivity contribution < 1.29 is 19.5 Å². The lowest BCUT2D eigenvalue weighted by Gasteiger charge is -2.18. The van der Waals surface area contributed by atoms with Gasteiger partial charge in [0.2, 0.25) is 11.8 Å². The van der Waals surface area contributed by atoms with Gasteiger partial charge in [0.15, 0.2) is 0 Å². The monoisotopic (exact) mass is 316 g/mol. The number of amides is 2. The predicted octanol–water partition coefficient (Wildman–Crippen LogP) is 1.01. The molecular weight excluding hydrogens is 296 g/mol. The summed E-state index contributed by atoms with van der Waals surface area (Å²) in [7, 11) is 0. The van der Waals surface area contributed by atoms with Crippen molar-refractivity contribution in [2.45, 2.75) is 31.8 Å². The molecule has 2 fully saturated rings. The highest BCUT2D eigenvalue weighted by atomic mass is 16.4. The van der Waals surface area contributed by atoms with Crippen molar-refractivity contribution in [3.05, 3.63) is 35.9 Å². The van der Waals surface area contributed by atoms with Gasteiger partial charge in [-0.25, -0.2) is 4.79 Å². The van der Waals surface area contributed by atoms with Gasteiger partial charge in [-0.05, 0) is 24.3 Å². The summed E-state index contributed by atoms with van der Waals surface area (Å²) >= 11 is 0. The Balaban J connectivity index is 1.58. The minimum absolute atomic E-state index is 0.0361. The Hall–Kier alpha value is -2.37. The molecule has 0 bridgehead atoms. The summed E-state index contributed by atoms with van der Waals surface area (Å²) in [5, 5.41) is 11.8. The molecule has 122 valence electrons. The van der Waals surface area contributed by atoms with E-state index in [4.69, 9.17) is 0 Å². The van der Waals surface area contributed by atoms with E-state index in [0.717, 1.165) is 18.4 Å². The second-order valence-corrected chi connectivity index (χ2v) is 6.32. The molecule has 2 aliphatic rings. The largest absolute Gasteiger partial charge is 0.480 e. The zero-order valence-corrected chi connectivity index (χ0v) is 12.8. The molecule has 1 aromatic carbocycles. The van der Waals surface area contributed by atoms with Gasteiger partial charge >= 0.3 is 5.97 Å². The Kier molecular flexibility index (Phi) is 4.32. The van der Waals surface area contributed by atoms with Crippen molar-refractivity contribution in [3.63, 3.8) is 0 Å². The average molecular weight is 316 g/mol. The molecule has 2 amide bonds. The molecule has 1 saturated heterocycles. The number of rotatable bonds is 6. The van der Waals surface area contributed by atoms with Crippen LogP contribution in [0.5, 0.6) is 0 Å². The number of hydrogen-bond acceptors (Lipinski definition) is 3. The van der Waals surface area contributed by atoms with Gasteiger partial charge in [-0.2, -0.15) is 0 Å². The third-order valence-corrected chi connectivity index (χ3v) is 4.46. The van der Waals surface area contributed by atoms with Crippen LogP contribution >= 0.6 is 0 Å². The van der Waals surface area contributed by atoms with Crippen LogP contribution in [-0.2, 0) is 20.9 Å². The Labute approximate surface area is 134 Å². The summed E-state index contributed by atoms with van der Waals surface area (Å²) in [6.07, 6.45) is 1.82. The van der Waals surface area contributed by atoms with Gasteiger partial charge in [0.25, 0.3) is 0 Å². The van der Waals surface area contributed by atoms with Crippen molar-refractivity contribution in [2.75, 3.05) is 6.54 Å². The van der Waals surface area contributed by atoms with Gasteiger partial charge in [0.1, 0.15) is 6.04 Å². The summed E-state index contributed by atoms with van der Waals surface area (Å²) in [5.74, 6) is -1.81. The maximum absolute atomic E-state index is 12.3. The smallest absolute Gasteiger partial charge is 0.326 e. The topological polar surface area (TPSA) is 86.7 Å². The van der Waals surface area contributed by atoms with Gasteiger partial charge < -0.3 is 15.3 Å². The molecule has 3 rings (SSSR count). The van der Waals surface area contributed by atoms with E-state index in [1.54, 1.807) is 4.90 Å².